The summed E-state index contributed by atoms with van der Waals surface area (Å²) in [5, 5.41) is 0. The number of hydrazine groups is 2. The minimum atomic E-state index is 0. The third kappa shape index (κ3) is 29.2. The van der Waals surface area contributed by atoms with Crippen molar-refractivity contribution in [2.45, 2.75) is 39.0 Å². The second kappa shape index (κ2) is 29.2. The predicted molar refractivity (Wildman–Crippen MR) is 73.1 cm³/mol. The fourth-order valence-corrected chi connectivity index (χ4v) is 0.889. The van der Waals surface area contributed by atoms with Crippen LogP contribution in [0, 0.1) is 0 Å². The summed E-state index contributed by atoms with van der Waals surface area (Å²) in [6, 6.07) is 0. The van der Waals surface area contributed by atoms with Gasteiger partial charge >= 0.3 is 0 Å². The highest BCUT2D eigenvalue weighted by atomic mass is 35.5. The highest BCUT2D eigenvalue weighted by Crippen LogP contribution is 2.00. The zero-order valence-electron chi connectivity index (χ0n) is 8.45. The van der Waals surface area contributed by atoms with Crippen molar-refractivity contribution in [2.24, 2.45) is 5.84 Å². The van der Waals surface area contributed by atoms with Crippen molar-refractivity contribution in [1.29, 1.82) is 0 Å². The number of hydrogen-bond acceptors (Lipinski definition) is 3. The number of nitrogens with two attached hydrogens (primary N) is 1. The zero-order valence-corrected chi connectivity index (χ0v) is 11.7. The van der Waals surface area contributed by atoms with E-state index >= 15 is 0 Å². The lowest BCUT2D eigenvalue weighted by atomic mass is 10.2. The molecule has 0 atom stereocenters. The molecule has 0 aromatic heterocycles. The molecule has 0 heterocycles. The number of unbranched alkanes of at least 4 members (excludes halogenated alkanes) is 4. The zero-order chi connectivity index (χ0) is 7.66. The fourth-order valence-electron chi connectivity index (χ4n) is 0.889. The molecule has 0 aliphatic heterocycles. The molecule has 0 aliphatic rings. The van der Waals surface area contributed by atoms with E-state index < -0.39 is 0 Å². The second-order valence-electron chi connectivity index (χ2n) is 2.49. The highest BCUT2D eigenvalue weighted by Gasteiger charge is 1.86. The normalized spacial score (nSPS) is 7.29. The molecule has 0 radical (unpaired) electrons. The topological polar surface area (TPSA) is 50.1 Å². The lowest BCUT2D eigenvalue weighted by molar-refractivity contribution is 0.516. The maximum atomic E-state index is 5.01. The molecule has 0 aromatic carbocycles. The van der Waals surface area contributed by atoms with Crippen molar-refractivity contribution in [3.05, 3.63) is 0 Å². The fraction of sp³-hybridized carbons (Fsp3) is 1.00. The third-order valence-electron chi connectivity index (χ3n) is 1.51. The van der Waals surface area contributed by atoms with Crippen LogP contribution in [0.5, 0.6) is 0 Å². The maximum Gasteiger partial charge on any atom is 0.0113 e. The molecule has 4 N–H and O–H groups in total. The molecule has 0 spiro atoms. The van der Waals surface area contributed by atoms with Crippen LogP contribution in [0.2, 0.25) is 0 Å². The van der Waals surface area contributed by atoms with Crippen LogP contribution in [0.4, 0.5) is 0 Å². The van der Waals surface area contributed by atoms with Crippen molar-refractivity contribution in [3.8, 4) is 0 Å². The van der Waals surface area contributed by atoms with Crippen molar-refractivity contribution >= 4 is 49.6 Å². The van der Waals surface area contributed by atoms with E-state index in [9.17, 15) is 0 Å². The Bertz CT molecular complexity index is 60.9. The quantitative estimate of drug-likeness (QED) is 0.384. The molecule has 0 unspecified atom stereocenters. The Balaban J connectivity index is -0.0000000675. The first kappa shape index (κ1) is 29.4. The molecule has 0 saturated carbocycles. The number of nitrogens with one attached hydrogen (secondary N) is 2. The monoisotopic (exact) mass is 289 g/mol. The van der Waals surface area contributed by atoms with E-state index in [-0.39, 0.29) is 49.6 Å². The van der Waals surface area contributed by atoms with Crippen molar-refractivity contribution in [2.75, 3.05) is 6.54 Å². The van der Waals surface area contributed by atoms with E-state index in [1.807, 2.05) is 0 Å². The molecule has 0 bridgehead atoms. The van der Waals surface area contributed by atoms with Crippen molar-refractivity contribution in [1.82, 2.24) is 11.0 Å². The van der Waals surface area contributed by atoms with Crippen LogP contribution in [0.3, 0.4) is 0 Å². The van der Waals surface area contributed by atoms with E-state index in [0.29, 0.717) is 0 Å². The van der Waals surface area contributed by atoms with E-state index in [4.69, 9.17) is 5.84 Å². The summed E-state index contributed by atoms with van der Waals surface area (Å²) in [4.78, 5) is 0. The molecule has 0 aromatic rings. The van der Waals surface area contributed by atoms with Gasteiger partial charge in [0.1, 0.15) is 0 Å². The molecule has 14 heavy (non-hydrogen) atoms. The Labute approximate surface area is 112 Å². The SMILES string of the molecule is CCCCCCCNNN.Cl.Cl.Cl.Cl. The largest absolute Gasteiger partial charge is 0.258 e. The van der Waals surface area contributed by atoms with Gasteiger partial charge in [-0.3, -0.25) is 5.84 Å². The Morgan fingerprint density at radius 2 is 1.36 bits per heavy atom. The lowest BCUT2D eigenvalue weighted by Gasteiger charge is -2.00. The Morgan fingerprint density at radius 3 is 1.79 bits per heavy atom. The Kier molecular flexibility index (Phi) is 61.4. The van der Waals surface area contributed by atoms with Crippen LogP contribution in [-0.2, 0) is 0 Å². The summed E-state index contributed by atoms with van der Waals surface area (Å²) < 4.78 is 0. The van der Waals surface area contributed by atoms with Gasteiger partial charge in [0, 0.05) is 6.54 Å². The van der Waals surface area contributed by atoms with Gasteiger partial charge < -0.3 is 0 Å². The van der Waals surface area contributed by atoms with Crippen LogP contribution in [0.25, 0.3) is 0 Å². The number of halogens is 4. The molecule has 0 rings (SSSR count). The molecule has 3 nitrogen and oxygen atoms in total. The first-order valence-electron chi connectivity index (χ1n) is 4.10. The lowest BCUT2D eigenvalue weighted by Crippen LogP contribution is -2.38. The molecule has 0 amide bonds. The van der Waals surface area contributed by atoms with Crippen LogP contribution in [0.1, 0.15) is 39.0 Å². The van der Waals surface area contributed by atoms with Gasteiger partial charge in [-0.15, -0.1) is 49.6 Å². The highest BCUT2D eigenvalue weighted by molar-refractivity contribution is 5.86. The van der Waals surface area contributed by atoms with Crippen LogP contribution in [-0.4, -0.2) is 6.54 Å². The van der Waals surface area contributed by atoms with Gasteiger partial charge in [0.25, 0.3) is 0 Å². The van der Waals surface area contributed by atoms with E-state index in [2.05, 4.69) is 17.9 Å². The van der Waals surface area contributed by atoms with Crippen molar-refractivity contribution in [3.63, 3.8) is 0 Å². The summed E-state index contributed by atoms with van der Waals surface area (Å²) in [6.07, 6.45) is 6.54. The average Bonchev–Trinajstić information content (AvgIpc) is 1.97. The van der Waals surface area contributed by atoms with Crippen LogP contribution < -0.4 is 16.8 Å². The third-order valence-corrected chi connectivity index (χ3v) is 1.51. The summed E-state index contributed by atoms with van der Waals surface area (Å²) in [7, 11) is 0. The Morgan fingerprint density at radius 1 is 0.857 bits per heavy atom. The van der Waals surface area contributed by atoms with Gasteiger partial charge in [-0.05, 0) is 6.42 Å². The van der Waals surface area contributed by atoms with Gasteiger partial charge in [-0.1, -0.05) is 32.6 Å². The molecular weight excluding hydrogens is 268 g/mol. The Hall–Kier alpha value is 1.04. The summed E-state index contributed by atoms with van der Waals surface area (Å²) in [5.74, 6) is 5.01. The number of hydrogen-bond donors (Lipinski definition) is 3. The van der Waals surface area contributed by atoms with Gasteiger partial charge in [0.05, 0.1) is 0 Å². The maximum absolute atomic E-state index is 5.01. The van der Waals surface area contributed by atoms with Gasteiger partial charge in [0.2, 0.25) is 0 Å². The smallest absolute Gasteiger partial charge is 0.0113 e. The minimum absolute atomic E-state index is 0. The first-order valence-corrected chi connectivity index (χ1v) is 4.10. The van der Waals surface area contributed by atoms with Crippen molar-refractivity contribution < 1.29 is 0 Å². The molecule has 94 valence electrons. The summed E-state index contributed by atoms with van der Waals surface area (Å²) >= 11 is 0. The second-order valence-corrected chi connectivity index (χ2v) is 2.49. The molecular formula is C7H23Cl4N3. The standard InChI is InChI=1S/C7H19N3.4ClH/c1-2-3-4-5-6-7-9-10-8;;;;/h9-10H,2-8H2,1H3;4*1H. The first-order chi connectivity index (χ1) is 4.91. The van der Waals surface area contributed by atoms with Gasteiger partial charge in [-0.25, -0.2) is 5.43 Å². The van der Waals surface area contributed by atoms with E-state index in [1.54, 1.807) is 0 Å². The summed E-state index contributed by atoms with van der Waals surface area (Å²) in [5.41, 5.74) is 5.26. The molecule has 0 saturated heterocycles. The van der Waals surface area contributed by atoms with E-state index in [1.165, 1.54) is 32.1 Å². The van der Waals surface area contributed by atoms with Gasteiger partial charge in [0.15, 0.2) is 0 Å². The van der Waals surface area contributed by atoms with E-state index in [0.717, 1.165) is 6.54 Å². The molecule has 0 fully saturated rings. The molecule has 0 aliphatic carbocycles. The predicted octanol–water partition coefficient (Wildman–Crippen LogP) is 2.61. The average molecular weight is 291 g/mol. The molecule has 7 heteroatoms. The minimum Gasteiger partial charge on any atom is -0.258 e. The van der Waals surface area contributed by atoms with Gasteiger partial charge in [-0.2, -0.15) is 5.53 Å². The summed E-state index contributed by atoms with van der Waals surface area (Å²) in [6.45, 7) is 3.19. The van der Waals surface area contributed by atoms with Crippen LogP contribution in [0.15, 0.2) is 0 Å². The number of rotatable bonds is 7. The van der Waals surface area contributed by atoms with Crippen LogP contribution >= 0.6 is 49.6 Å².